The molecule has 0 spiro atoms. The number of carbonyl (C=O) groups excluding carboxylic acids is 1. The van der Waals surface area contributed by atoms with Crippen LogP contribution in [0.1, 0.15) is 52.1 Å². The van der Waals surface area contributed by atoms with E-state index in [-0.39, 0.29) is 6.09 Å². The number of hydrogen-bond acceptors (Lipinski definition) is 4. The monoisotopic (exact) mass is 308 g/mol. The molecule has 1 amide bonds. The first kappa shape index (κ1) is 16.9. The van der Waals surface area contributed by atoms with E-state index in [1.165, 1.54) is 0 Å². The zero-order valence-corrected chi connectivity index (χ0v) is 14.1. The van der Waals surface area contributed by atoms with Crippen LogP contribution in [0.2, 0.25) is 0 Å². The summed E-state index contributed by atoms with van der Waals surface area (Å²) in [7, 11) is 0. The summed E-state index contributed by atoms with van der Waals surface area (Å²) >= 11 is 0. The van der Waals surface area contributed by atoms with Crippen molar-refractivity contribution in [3.05, 3.63) is 23.7 Å². The van der Waals surface area contributed by atoms with E-state index < -0.39 is 5.60 Å². The second-order valence-electron chi connectivity index (χ2n) is 6.80. The highest BCUT2D eigenvalue weighted by Crippen LogP contribution is 2.28. The molecular weight excluding hydrogens is 280 g/mol. The van der Waals surface area contributed by atoms with Crippen LogP contribution in [0.4, 0.5) is 4.79 Å². The molecule has 1 fully saturated rings. The molecule has 5 heteroatoms. The largest absolute Gasteiger partial charge is 0.465 e. The Morgan fingerprint density at radius 1 is 1.36 bits per heavy atom. The van der Waals surface area contributed by atoms with Gasteiger partial charge in [0.05, 0.1) is 6.54 Å². The van der Waals surface area contributed by atoms with Gasteiger partial charge in [-0.2, -0.15) is 0 Å². The number of ether oxygens (including phenoxy) is 1. The number of furan rings is 1. The zero-order chi connectivity index (χ0) is 16.2. The molecule has 22 heavy (non-hydrogen) atoms. The number of rotatable bonds is 7. The molecule has 0 aromatic carbocycles. The average Bonchev–Trinajstić information content (AvgIpc) is 3.14. The van der Waals surface area contributed by atoms with E-state index in [0.717, 1.165) is 37.3 Å². The lowest BCUT2D eigenvalue weighted by Crippen LogP contribution is -2.41. The van der Waals surface area contributed by atoms with Crippen LogP contribution in [-0.4, -0.2) is 35.7 Å². The third-order valence-corrected chi connectivity index (χ3v) is 3.51. The van der Waals surface area contributed by atoms with Gasteiger partial charge in [-0.15, -0.1) is 0 Å². The van der Waals surface area contributed by atoms with Crippen LogP contribution in [0.15, 0.2) is 16.5 Å². The molecule has 1 N–H and O–H groups in total. The lowest BCUT2D eigenvalue weighted by atomic mass is 10.2. The van der Waals surface area contributed by atoms with Gasteiger partial charge in [0.1, 0.15) is 17.1 Å². The standard InChI is InChI=1S/C17H28N2O3/c1-5-14-8-9-15(21-14)12-18-10-11-19(13-6-7-13)16(20)22-17(2,3)4/h8-9,13,18H,5-7,10-12H2,1-4H3. The Morgan fingerprint density at radius 3 is 2.59 bits per heavy atom. The van der Waals surface area contributed by atoms with Crippen molar-refractivity contribution in [2.24, 2.45) is 0 Å². The van der Waals surface area contributed by atoms with Crippen molar-refractivity contribution in [2.75, 3.05) is 13.1 Å². The predicted molar refractivity (Wildman–Crippen MR) is 85.8 cm³/mol. The van der Waals surface area contributed by atoms with Crippen molar-refractivity contribution in [3.8, 4) is 0 Å². The fourth-order valence-electron chi connectivity index (χ4n) is 2.25. The number of hydrogen-bond donors (Lipinski definition) is 1. The quantitative estimate of drug-likeness (QED) is 0.785. The smallest absolute Gasteiger partial charge is 0.410 e. The Morgan fingerprint density at radius 2 is 2.05 bits per heavy atom. The van der Waals surface area contributed by atoms with E-state index in [9.17, 15) is 4.79 Å². The molecule has 1 aliphatic carbocycles. The maximum atomic E-state index is 12.2. The number of aryl methyl sites for hydroxylation is 1. The minimum absolute atomic E-state index is 0.205. The highest BCUT2D eigenvalue weighted by Gasteiger charge is 2.34. The van der Waals surface area contributed by atoms with E-state index >= 15 is 0 Å². The summed E-state index contributed by atoms with van der Waals surface area (Å²) in [6.07, 6.45) is 2.87. The van der Waals surface area contributed by atoms with Gasteiger partial charge in [0, 0.05) is 25.6 Å². The van der Waals surface area contributed by atoms with Crippen molar-refractivity contribution >= 4 is 6.09 Å². The van der Waals surface area contributed by atoms with Crippen LogP contribution in [0.25, 0.3) is 0 Å². The van der Waals surface area contributed by atoms with Crippen LogP contribution < -0.4 is 5.32 Å². The first-order valence-electron chi connectivity index (χ1n) is 8.17. The molecule has 0 aliphatic heterocycles. The van der Waals surface area contributed by atoms with Crippen molar-refractivity contribution < 1.29 is 13.9 Å². The van der Waals surface area contributed by atoms with Gasteiger partial charge in [0.2, 0.25) is 0 Å². The third kappa shape index (κ3) is 5.37. The first-order chi connectivity index (χ1) is 10.4. The summed E-state index contributed by atoms with van der Waals surface area (Å²) in [6.45, 7) is 9.86. The normalized spacial score (nSPS) is 14.9. The minimum atomic E-state index is -0.442. The molecule has 124 valence electrons. The van der Waals surface area contributed by atoms with Crippen LogP contribution in [0.3, 0.4) is 0 Å². The molecule has 1 aromatic rings. The van der Waals surface area contributed by atoms with Crippen LogP contribution in [0.5, 0.6) is 0 Å². The molecule has 0 bridgehead atoms. The number of nitrogens with one attached hydrogen (secondary N) is 1. The summed E-state index contributed by atoms with van der Waals surface area (Å²) in [5.41, 5.74) is -0.442. The fraction of sp³-hybridized carbons (Fsp3) is 0.706. The summed E-state index contributed by atoms with van der Waals surface area (Å²) in [5, 5.41) is 3.33. The Hall–Kier alpha value is -1.49. The first-order valence-corrected chi connectivity index (χ1v) is 8.17. The fourth-order valence-corrected chi connectivity index (χ4v) is 2.25. The third-order valence-electron chi connectivity index (χ3n) is 3.51. The number of carbonyl (C=O) groups is 1. The van der Waals surface area contributed by atoms with Gasteiger partial charge in [0.15, 0.2) is 0 Å². The van der Waals surface area contributed by atoms with Gasteiger partial charge in [-0.05, 0) is 45.7 Å². The molecule has 1 heterocycles. The maximum absolute atomic E-state index is 12.2. The van der Waals surface area contributed by atoms with E-state index in [4.69, 9.17) is 9.15 Å². The SMILES string of the molecule is CCc1ccc(CNCCN(C(=O)OC(C)(C)C)C2CC2)o1. The van der Waals surface area contributed by atoms with Crippen molar-refractivity contribution in [3.63, 3.8) is 0 Å². The van der Waals surface area contributed by atoms with Gasteiger partial charge >= 0.3 is 6.09 Å². The van der Waals surface area contributed by atoms with Gasteiger partial charge in [-0.3, -0.25) is 0 Å². The molecule has 1 aliphatic rings. The zero-order valence-electron chi connectivity index (χ0n) is 14.1. The second-order valence-corrected chi connectivity index (χ2v) is 6.80. The van der Waals surface area contributed by atoms with Gasteiger partial charge in [-0.25, -0.2) is 4.79 Å². The van der Waals surface area contributed by atoms with Gasteiger partial charge in [0.25, 0.3) is 0 Å². The van der Waals surface area contributed by atoms with E-state index in [0.29, 0.717) is 19.1 Å². The Balaban J connectivity index is 1.74. The lowest BCUT2D eigenvalue weighted by molar-refractivity contribution is 0.0236. The molecule has 1 saturated carbocycles. The molecule has 0 saturated heterocycles. The van der Waals surface area contributed by atoms with E-state index in [2.05, 4.69) is 12.2 Å². The topological polar surface area (TPSA) is 54.7 Å². The van der Waals surface area contributed by atoms with E-state index in [1.807, 2.05) is 37.8 Å². The summed E-state index contributed by atoms with van der Waals surface area (Å²) in [5.74, 6) is 1.94. The van der Waals surface area contributed by atoms with Crippen molar-refractivity contribution in [1.82, 2.24) is 10.2 Å². The molecule has 0 atom stereocenters. The van der Waals surface area contributed by atoms with Crippen LogP contribution in [0, 0.1) is 0 Å². The van der Waals surface area contributed by atoms with Crippen LogP contribution in [-0.2, 0) is 17.7 Å². The molecular formula is C17H28N2O3. The van der Waals surface area contributed by atoms with E-state index in [1.54, 1.807) is 0 Å². The lowest BCUT2D eigenvalue weighted by Gasteiger charge is -2.27. The predicted octanol–water partition coefficient (Wildman–Crippen LogP) is 3.33. The second kappa shape index (κ2) is 7.18. The number of nitrogens with zero attached hydrogens (tertiary/aromatic N) is 1. The molecule has 2 rings (SSSR count). The molecule has 1 aromatic heterocycles. The number of amides is 1. The van der Waals surface area contributed by atoms with Gasteiger partial charge in [-0.1, -0.05) is 6.92 Å². The van der Waals surface area contributed by atoms with Crippen LogP contribution >= 0.6 is 0 Å². The minimum Gasteiger partial charge on any atom is -0.465 e. The molecule has 5 nitrogen and oxygen atoms in total. The maximum Gasteiger partial charge on any atom is 0.410 e. The van der Waals surface area contributed by atoms with Crippen molar-refractivity contribution in [2.45, 2.75) is 65.1 Å². The Kier molecular flexibility index (Phi) is 5.51. The highest BCUT2D eigenvalue weighted by molar-refractivity contribution is 5.69. The van der Waals surface area contributed by atoms with Crippen molar-refractivity contribution in [1.29, 1.82) is 0 Å². The summed E-state index contributed by atoms with van der Waals surface area (Å²) in [4.78, 5) is 14.0. The summed E-state index contributed by atoms with van der Waals surface area (Å²) < 4.78 is 11.1. The molecule has 0 unspecified atom stereocenters. The Bertz CT molecular complexity index is 486. The molecule has 0 radical (unpaired) electrons. The van der Waals surface area contributed by atoms with Gasteiger partial charge < -0.3 is 19.4 Å². The Labute approximate surface area is 133 Å². The average molecular weight is 308 g/mol. The highest BCUT2D eigenvalue weighted by atomic mass is 16.6. The summed E-state index contributed by atoms with van der Waals surface area (Å²) in [6, 6.07) is 4.36.